The molecule has 19 heavy (non-hydrogen) atoms. The highest BCUT2D eigenvalue weighted by molar-refractivity contribution is 5.94. The summed E-state index contributed by atoms with van der Waals surface area (Å²) in [6.45, 7) is 1.61. The maximum atomic E-state index is 11.9. The molecule has 0 aliphatic carbocycles. The standard InChI is InChI=1S/C14H17NO4/c16-13(17)4-6-15-14(18)11-3-1-2-10(8-11)12-5-7-19-9-12/h1-3,8,12H,4-7,9H2,(H,15,18)(H,16,17). The van der Waals surface area contributed by atoms with Crippen molar-refractivity contribution in [3.8, 4) is 0 Å². The molecule has 1 saturated heterocycles. The molecule has 0 saturated carbocycles. The molecule has 102 valence electrons. The first kappa shape index (κ1) is 13.5. The quantitative estimate of drug-likeness (QED) is 0.842. The summed E-state index contributed by atoms with van der Waals surface area (Å²) in [7, 11) is 0. The minimum absolute atomic E-state index is 0.0676. The van der Waals surface area contributed by atoms with Crippen molar-refractivity contribution in [3.63, 3.8) is 0 Å². The van der Waals surface area contributed by atoms with Crippen LogP contribution in [0.2, 0.25) is 0 Å². The van der Waals surface area contributed by atoms with Crippen molar-refractivity contribution in [3.05, 3.63) is 35.4 Å². The first-order chi connectivity index (χ1) is 9.16. The molecule has 1 aromatic rings. The van der Waals surface area contributed by atoms with Crippen molar-refractivity contribution in [2.45, 2.75) is 18.8 Å². The molecule has 1 atom stereocenters. The Morgan fingerprint density at radius 1 is 1.42 bits per heavy atom. The van der Waals surface area contributed by atoms with E-state index in [1.54, 1.807) is 6.07 Å². The van der Waals surface area contributed by atoms with Crippen molar-refractivity contribution in [2.24, 2.45) is 0 Å². The molecule has 0 radical (unpaired) electrons. The van der Waals surface area contributed by atoms with Crippen molar-refractivity contribution >= 4 is 11.9 Å². The van der Waals surface area contributed by atoms with E-state index in [1.807, 2.05) is 18.2 Å². The van der Waals surface area contributed by atoms with E-state index >= 15 is 0 Å². The third-order valence-corrected chi connectivity index (χ3v) is 3.17. The predicted octanol–water partition coefficient (Wildman–Crippen LogP) is 1.39. The number of hydrogen-bond acceptors (Lipinski definition) is 3. The first-order valence-electron chi connectivity index (χ1n) is 6.34. The zero-order valence-electron chi connectivity index (χ0n) is 10.6. The highest BCUT2D eigenvalue weighted by atomic mass is 16.5. The van der Waals surface area contributed by atoms with Crippen LogP contribution in [0.15, 0.2) is 24.3 Å². The van der Waals surface area contributed by atoms with Crippen LogP contribution in [0.1, 0.15) is 34.7 Å². The number of carboxylic acid groups (broad SMARTS) is 1. The number of ether oxygens (including phenoxy) is 1. The second kappa shape index (κ2) is 6.33. The number of amides is 1. The van der Waals surface area contributed by atoms with Gasteiger partial charge in [0.25, 0.3) is 5.91 Å². The minimum Gasteiger partial charge on any atom is -0.481 e. The van der Waals surface area contributed by atoms with Gasteiger partial charge in [-0.05, 0) is 24.1 Å². The van der Waals surface area contributed by atoms with Crippen LogP contribution < -0.4 is 5.32 Å². The summed E-state index contributed by atoms with van der Waals surface area (Å²) in [5.74, 6) is -0.800. The van der Waals surface area contributed by atoms with Gasteiger partial charge in [0.2, 0.25) is 0 Å². The largest absolute Gasteiger partial charge is 0.481 e. The molecule has 1 heterocycles. The lowest BCUT2D eigenvalue weighted by Crippen LogP contribution is -2.26. The average Bonchev–Trinajstić information content (AvgIpc) is 2.92. The first-order valence-corrected chi connectivity index (χ1v) is 6.34. The Kier molecular flexibility index (Phi) is 4.52. The van der Waals surface area contributed by atoms with Gasteiger partial charge < -0.3 is 15.2 Å². The molecule has 1 fully saturated rings. The fourth-order valence-corrected chi connectivity index (χ4v) is 2.12. The van der Waals surface area contributed by atoms with E-state index in [2.05, 4.69) is 5.32 Å². The van der Waals surface area contributed by atoms with Crippen LogP contribution in [-0.4, -0.2) is 36.7 Å². The lowest BCUT2D eigenvalue weighted by molar-refractivity contribution is -0.136. The maximum Gasteiger partial charge on any atom is 0.305 e. The number of rotatable bonds is 5. The Morgan fingerprint density at radius 3 is 2.95 bits per heavy atom. The fraction of sp³-hybridized carbons (Fsp3) is 0.429. The molecule has 5 heteroatoms. The molecule has 0 aromatic heterocycles. The van der Waals surface area contributed by atoms with E-state index in [9.17, 15) is 9.59 Å². The van der Waals surface area contributed by atoms with Crippen molar-refractivity contribution in [2.75, 3.05) is 19.8 Å². The summed E-state index contributed by atoms with van der Waals surface area (Å²) in [6, 6.07) is 7.43. The lowest BCUT2D eigenvalue weighted by atomic mass is 9.96. The predicted molar refractivity (Wildman–Crippen MR) is 69.2 cm³/mol. The van der Waals surface area contributed by atoms with Gasteiger partial charge in [0, 0.05) is 24.6 Å². The van der Waals surface area contributed by atoms with E-state index in [1.165, 1.54) is 0 Å². The number of carboxylic acids is 1. The highest BCUT2D eigenvalue weighted by Crippen LogP contribution is 2.25. The van der Waals surface area contributed by atoms with Gasteiger partial charge in [-0.3, -0.25) is 9.59 Å². The number of carbonyl (C=O) groups excluding carboxylic acids is 1. The zero-order chi connectivity index (χ0) is 13.7. The van der Waals surface area contributed by atoms with Crippen LogP contribution in [0.25, 0.3) is 0 Å². The fourth-order valence-electron chi connectivity index (χ4n) is 2.12. The molecule has 1 aliphatic heterocycles. The molecule has 1 amide bonds. The number of nitrogens with one attached hydrogen (secondary N) is 1. The number of aliphatic carboxylic acids is 1. The van der Waals surface area contributed by atoms with Gasteiger partial charge in [0.1, 0.15) is 0 Å². The zero-order valence-corrected chi connectivity index (χ0v) is 10.6. The number of benzene rings is 1. The van der Waals surface area contributed by atoms with E-state index in [4.69, 9.17) is 9.84 Å². The van der Waals surface area contributed by atoms with Crippen LogP contribution in [0.4, 0.5) is 0 Å². The molecule has 1 aliphatic rings. The third kappa shape index (κ3) is 3.79. The number of carbonyl (C=O) groups is 2. The second-order valence-corrected chi connectivity index (χ2v) is 4.59. The van der Waals surface area contributed by atoms with Crippen LogP contribution in [0.5, 0.6) is 0 Å². The van der Waals surface area contributed by atoms with Gasteiger partial charge in [-0.15, -0.1) is 0 Å². The smallest absolute Gasteiger partial charge is 0.305 e. The average molecular weight is 263 g/mol. The molecule has 0 bridgehead atoms. The van der Waals surface area contributed by atoms with Crippen LogP contribution >= 0.6 is 0 Å². The summed E-state index contributed by atoms with van der Waals surface area (Å²) in [5.41, 5.74) is 1.66. The van der Waals surface area contributed by atoms with E-state index < -0.39 is 5.97 Å². The van der Waals surface area contributed by atoms with Gasteiger partial charge in [-0.2, -0.15) is 0 Å². The molecule has 1 unspecified atom stereocenters. The Hall–Kier alpha value is -1.88. The summed E-state index contributed by atoms with van der Waals surface area (Å²) in [6.07, 6.45) is 0.909. The van der Waals surface area contributed by atoms with Gasteiger partial charge in [-0.1, -0.05) is 12.1 Å². The summed E-state index contributed by atoms with van der Waals surface area (Å²) < 4.78 is 5.34. The molecule has 5 nitrogen and oxygen atoms in total. The summed E-state index contributed by atoms with van der Waals surface area (Å²) in [4.78, 5) is 22.2. The maximum absolute atomic E-state index is 11.9. The molecular weight excluding hydrogens is 246 g/mol. The van der Waals surface area contributed by atoms with E-state index in [-0.39, 0.29) is 18.9 Å². The number of hydrogen-bond donors (Lipinski definition) is 2. The van der Waals surface area contributed by atoms with Crippen molar-refractivity contribution < 1.29 is 19.4 Å². The van der Waals surface area contributed by atoms with E-state index in [0.29, 0.717) is 18.1 Å². The third-order valence-electron chi connectivity index (χ3n) is 3.17. The van der Waals surface area contributed by atoms with Crippen LogP contribution in [-0.2, 0) is 9.53 Å². The Bertz CT molecular complexity index is 466. The van der Waals surface area contributed by atoms with Crippen LogP contribution in [0.3, 0.4) is 0 Å². The van der Waals surface area contributed by atoms with Gasteiger partial charge in [0.05, 0.1) is 13.0 Å². The van der Waals surface area contributed by atoms with Gasteiger partial charge in [-0.25, -0.2) is 0 Å². The minimum atomic E-state index is -0.919. The van der Waals surface area contributed by atoms with Crippen molar-refractivity contribution in [1.82, 2.24) is 5.32 Å². The molecule has 2 rings (SSSR count). The molecule has 2 N–H and O–H groups in total. The van der Waals surface area contributed by atoms with Gasteiger partial charge in [0.15, 0.2) is 0 Å². The Labute approximate surface area is 111 Å². The van der Waals surface area contributed by atoms with Crippen molar-refractivity contribution in [1.29, 1.82) is 0 Å². The van der Waals surface area contributed by atoms with Gasteiger partial charge >= 0.3 is 5.97 Å². The Balaban J connectivity index is 1.97. The van der Waals surface area contributed by atoms with Crippen LogP contribution in [0, 0.1) is 0 Å². The summed E-state index contributed by atoms with van der Waals surface area (Å²) in [5, 5.41) is 11.1. The SMILES string of the molecule is O=C(O)CCNC(=O)c1cccc(C2CCOC2)c1. The Morgan fingerprint density at radius 2 is 2.26 bits per heavy atom. The highest BCUT2D eigenvalue weighted by Gasteiger charge is 2.18. The normalized spacial score (nSPS) is 18.2. The topological polar surface area (TPSA) is 75.6 Å². The molecule has 0 spiro atoms. The molecular formula is C14H17NO4. The summed E-state index contributed by atoms with van der Waals surface area (Å²) >= 11 is 0. The lowest BCUT2D eigenvalue weighted by Gasteiger charge is -2.10. The van der Waals surface area contributed by atoms with E-state index in [0.717, 1.165) is 18.6 Å². The monoisotopic (exact) mass is 263 g/mol. The molecule has 1 aromatic carbocycles. The second-order valence-electron chi connectivity index (χ2n) is 4.59.